The number of anilines is 1. The third-order valence-corrected chi connectivity index (χ3v) is 3.58. The van der Waals surface area contributed by atoms with Gasteiger partial charge in [-0.05, 0) is 55.9 Å². The van der Waals surface area contributed by atoms with Crippen molar-refractivity contribution in [3.63, 3.8) is 0 Å². The number of benzene rings is 2. The largest absolute Gasteiger partial charge is 0.493 e. The van der Waals surface area contributed by atoms with E-state index in [-0.39, 0.29) is 17.5 Å². The van der Waals surface area contributed by atoms with Gasteiger partial charge in [0.25, 0.3) is 5.17 Å². The van der Waals surface area contributed by atoms with Crippen molar-refractivity contribution >= 4 is 23.1 Å². The van der Waals surface area contributed by atoms with Gasteiger partial charge in [0.15, 0.2) is 11.6 Å². The SMILES string of the molecule is CCOc1cccc(NC(=S)OC)c1COc1ccc(C)cc1F. The summed E-state index contributed by atoms with van der Waals surface area (Å²) in [6, 6.07) is 10.3. The summed E-state index contributed by atoms with van der Waals surface area (Å²) in [7, 11) is 1.49. The molecule has 2 aromatic carbocycles. The van der Waals surface area contributed by atoms with E-state index in [9.17, 15) is 4.39 Å². The third kappa shape index (κ3) is 4.58. The highest BCUT2D eigenvalue weighted by Gasteiger charge is 2.13. The number of methoxy groups -OCH3 is 1. The first-order chi connectivity index (χ1) is 11.5. The van der Waals surface area contributed by atoms with Gasteiger partial charge >= 0.3 is 0 Å². The standard InChI is InChI=1S/C18H20FNO3S/c1-4-22-16-7-5-6-15(20-18(24)21-3)13(16)11-23-17-9-8-12(2)10-14(17)19/h5-10H,4,11H2,1-3H3,(H,20,24). The summed E-state index contributed by atoms with van der Waals surface area (Å²) in [6.07, 6.45) is 0. The zero-order valence-electron chi connectivity index (χ0n) is 13.9. The van der Waals surface area contributed by atoms with E-state index < -0.39 is 5.82 Å². The number of ether oxygens (including phenoxy) is 3. The minimum absolute atomic E-state index is 0.130. The first-order valence-electron chi connectivity index (χ1n) is 7.53. The third-order valence-electron chi connectivity index (χ3n) is 3.31. The fourth-order valence-corrected chi connectivity index (χ4v) is 2.27. The summed E-state index contributed by atoms with van der Waals surface area (Å²) >= 11 is 5.04. The smallest absolute Gasteiger partial charge is 0.260 e. The van der Waals surface area contributed by atoms with E-state index in [1.54, 1.807) is 12.1 Å². The minimum atomic E-state index is -0.397. The lowest BCUT2D eigenvalue weighted by Gasteiger charge is -2.17. The highest BCUT2D eigenvalue weighted by molar-refractivity contribution is 7.80. The first kappa shape index (κ1) is 18.0. The molecule has 0 spiro atoms. The summed E-state index contributed by atoms with van der Waals surface area (Å²) in [5.74, 6) is 0.437. The van der Waals surface area contributed by atoms with E-state index in [0.29, 0.717) is 18.0 Å². The molecule has 0 saturated carbocycles. The molecule has 0 aliphatic carbocycles. The van der Waals surface area contributed by atoms with Crippen LogP contribution in [-0.2, 0) is 11.3 Å². The molecule has 1 N–H and O–H groups in total. The van der Waals surface area contributed by atoms with E-state index in [1.165, 1.54) is 13.2 Å². The zero-order chi connectivity index (χ0) is 17.5. The molecule has 0 amide bonds. The van der Waals surface area contributed by atoms with Crippen molar-refractivity contribution in [1.82, 2.24) is 0 Å². The van der Waals surface area contributed by atoms with Crippen molar-refractivity contribution in [1.29, 1.82) is 0 Å². The molecule has 0 heterocycles. The summed E-state index contributed by atoms with van der Waals surface area (Å²) < 4.78 is 30.2. The quantitative estimate of drug-likeness (QED) is 0.780. The summed E-state index contributed by atoms with van der Waals surface area (Å²) in [6.45, 7) is 4.35. The van der Waals surface area contributed by atoms with Crippen LogP contribution in [0.4, 0.5) is 10.1 Å². The van der Waals surface area contributed by atoms with Gasteiger partial charge in [-0.3, -0.25) is 0 Å². The van der Waals surface area contributed by atoms with E-state index >= 15 is 0 Å². The molecule has 128 valence electrons. The van der Waals surface area contributed by atoms with Crippen molar-refractivity contribution in [2.24, 2.45) is 0 Å². The number of hydrogen-bond acceptors (Lipinski definition) is 4. The lowest BCUT2D eigenvalue weighted by atomic mass is 10.1. The number of thiocarbonyl (C=S) groups is 1. The molecule has 0 aromatic heterocycles. The van der Waals surface area contributed by atoms with Crippen molar-refractivity contribution in [3.8, 4) is 11.5 Å². The number of hydrogen-bond donors (Lipinski definition) is 1. The van der Waals surface area contributed by atoms with Gasteiger partial charge in [0, 0.05) is 0 Å². The predicted octanol–water partition coefficient (Wildman–Crippen LogP) is 4.46. The molecular formula is C18H20FNO3S. The van der Waals surface area contributed by atoms with Crippen LogP contribution < -0.4 is 14.8 Å². The molecule has 0 radical (unpaired) electrons. The second kappa shape index (κ2) is 8.49. The van der Waals surface area contributed by atoms with E-state index in [2.05, 4.69) is 5.32 Å². The van der Waals surface area contributed by atoms with Crippen LogP contribution in [0.15, 0.2) is 36.4 Å². The molecule has 0 fully saturated rings. The Kier molecular flexibility index (Phi) is 6.37. The fourth-order valence-electron chi connectivity index (χ4n) is 2.16. The lowest BCUT2D eigenvalue weighted by Crippen LogP contribution is -2.14. The molecule has 4 nitrogen and oxygen atoms in total. The molecule has 6 heteroatoms. The van der Waals surface area contributed by atoms with Crippen molar-refractivity contribution < 1.29 is 18.6 Å². The Morgan fingerprint density at radius 1 is 1.17 bits per heavy atom. The highest BCUT2D eigenvalue weighted by Crippen LogP contribution is 2.29. The molecule has 2 rings (SSSR count). The Bertz CT molecular complexity index is 721. The average molecular weight is 349 g/mol. The summed E-state index contributed by atoms with van der Waals surface area (Å²) in [4.78, 5) is 0. The predicted molar refractivity (Wildman–Crippen MR) is 96.3 cm³/mol. The van der Waals surface area contributed by atoms with Gasteiger partial charge in [-0.25, -0.2) is 4.39 Å². The minimum Gasteiger partial charge on any atom is -0.493 e. The first-order valence-corrected chi connectivity index (χ1v) is 7.94. The molecule has 0 atom stereocenters. The van der Waals surface area contributed by atoms with Crippen molar-refractivity contribution in [2.75, 3.05) is 19.0 Å². The Labute approximate surface area is 146 Å². The van der Waals surface area contributed by atoms with Crippen LogP contribution in [0.5, 0.6) is 11.5 Å². The van der Waals surface area contributed by atoms with Crippen LogP contribution >= 0.6 is 12.2 Å². The van der Waals surface area contributed by atoms with Gasteiger partial charge in [0.1, 0.15) is 12.4 Å². The van der Waals surface area contributed by atoms with Crippen molar-refractivity contribution in [2.45, 2.75) is 20.5 Å². The molecule has 0 saturated heterocycles. The maximum Gasteiger partial charge on any atom is 0.260 e. The van der Waals surface area contributed by atoms with Crippen LogP contribution in [0.1, 0.15) is 18.1 Å². The van der Waals surface area contributed by atoms with Gasteiger partial charge in [0.05, 0.1) is 25.0 Å². The highest BCUT2D eigenvalue weighted by atomic mass is 32.1. The Morgan fingerprint density at radius 3 is 2.62 bits per heavy atom. The van der Waals surface area contributed by atoms with E-state index in [4.69, 9.17) is 26.4 Å². The Hall–Kier alpha value is -2.34. The molecule has 2 aromatic rings. The molecule has 0 bridgehead atoms. The lowest BCUT2D eigenvalue weighted by molar-refractivity contribution is 0.276. The molecular weight excluding hydrogens is 329 g/mol. The Balaban J connectivity index is 2.26. The van der Waals surface area contributed by atoms with Gasteiger partial charge in [0.2, 0.25) is 0 Å². The summed E-state index contributed by atoms with van der Waals surface area (Å²) in [5, 5.41) is 3.20. The summed E-state index contributed by atoms with van der Waals surface area (Å²) in [5.41, 5.74) is 2.27. The molecule has 0 unspecified atom stereocenters. The van der Waals surface area contributed by atoms with Gasteiger partial charge in [-0.2, -0.15) is 0 Å². The van der Waals surface area contributed by atoms with E-state index in [1.807, 2.05) is 32.0 Å². The normalized spacial score (nSPS) is 10.2. The Morgan fingerprint density at radius 2 is 1.96 bits per heavy atom. The number of halogens is 1. The number of nitrogens with one attached hydrogen (secondary N) is 1. The molecule has 0 aliphatic rings. The number of aryl methyl sites for hydroxylation is 1. The average Bonchev–Trinajstić information content (AvgIpc) is 2.56. The van der Waals surface area contributed by atoms with E-state index in [0.717, 1.165) is 11.1 Å². The van der Waals surface area contributed by atoms with Crippen LogP contribution in [0.25, 0.3) is 0 Å². The van der Waals surface area contributed by atoms with Crippen LogP contribution in [0.3, 0.4) is 0 Å². The van der Waals surface area contributed by atoms with Gasteiger partial charge < -0.3 is 19.5 Å². The second-order valence-corrected chi connectivity index (χ2v) is 5.43. The van der Waals surface area contributed by atoms with Crippen LogP contribution in [0, 0.1) is 12.7 Å². The molecule has 24 heavy (non-hydrogen) atoms. The van der Waals surface area contributed by atoms with Crippen molar-refractivity contribution in [3.05, 3.63) is 53.3 Å². The second-order valence-electron chi connectivity index (χ2n) is 5.05. The molecule has 0 aliphatic heterocycles. The fraction of sp³-hybridized carbons (Fsp3) is 0.278. The monoisotopic (exact) mass is 349 g/mol. The van der Waals surface area contributed by atoms with Crippen LogP contribution in [0.2, 0.25) is 0 Å². The van der Waals surface area contributed by atoms with Gasteiger partial charge in [-0.1, -0.05) is 12.1 Å². The zero-order valence-corrected chi connectivity index (χ0v) is 14.7. The topological polar surface area (TPSA) is 39.7 Å². The van der Waals surface area contributed by atoms with Gasteiger partial charge in [-0.15, -0.1) is 0 Å². The van der Waals surface area contributed by atoms with Crippen LogP contribution in [-0.4, -0.2) is 18.9 Å². The maximum absolute atomic E-state index is 14.0. The maximum atomic E-state index is 14.0. The number of rotatable bonds is 6.